The maximum absolute atomic E-state index is 12.6. The van der Waals surface area contributed by atoms with Gasteiger partial charge in [0.05, 0.1) is 13.2 Å². The van der Waals surface area contributed by atoms with E-state index in [1.807, 2.05) is 0 Å². The normalized spacial score (nSPS) is 13.4. The number of unbranched alkanes of at least 4 members (excludes halogenated alkanes) is 25. The highest BCUT2D eigenvalue weighted by Gasteiger charge is 2.26. The first kappa shape index (κ1) is 49.8. The first-order chi connectivity index (χ1) is 24.8. The molecule has 3 N–H and O–H groups in total. The SMILES string of the molecule is CCCCC=CCCCCCCCC(=O)OCC(COP(=O)(O)OCCN)OC(=O)CCCCCCCCCCCCCCCCCCCCC. The zero-order valence-corrected chi connectivity index (χ0v) is 34.0. The number of phosphoric acid groups is 1. The molecular formula is C41H80NO8P. The summed E-state index contributed by atoms with van der Waals surface area (Å²) in [6, 6.07) is 0. The molecule has 9 nitrogen and oxygen atoms in total. The standard InChI is InChI=1S/C41H80NO8P/c1-3-5-7-9-11-13-15-16-17-18-19-20-21-22-24-26-28-30-32-34-41(44)50-39(38-49-51(45,46)48-36-35-42)37-47-40(43)33-31-29-27-25-23-14-12-10-8-6-4-2/h10,12,39H,3-9,11,13-38,42H2,1-2H3,(H,45,46). The number of phosphoric ester groups is 1. The van der Waals surface area contributed by atoms with E-state index in [4.69, 9.17) is 24.3 Å². The summed E-state index contributed by atoms with van der Waals surface area (Å²) in [5.74, 6) is -0.831. The zero-order valence-electron chi connectivity index (χ0n) is 33.1. The van der Waals surface area contributed by atoms with Crippen molar-refractivity contribution < 1.29 is 37.6 Å². The molecule has 0 spiro atoms. The second-order valence-corrected chi connectivity index (χ2v) is 15.7. The number of esters is 2. The molecule has 0 aliphatic rings. The van der Waals surface area contributed by atoms with Gasteiger partial charge in [-0.2, -0.15) is 0 Å². The van der Waals surface area contributed by atoms with Crippen molar-refractivity contribution in [2.24, 2.45) is 5.73 Å². The molecule has 0 saturated carbocycles. The Morgan fingerprint density at radius 2 is 0.980 bits per heavy atom. The molecule has 0 rings (SSSR count). The van der Waals surface area contributed by atoms with Crippen LogP contribution in [0.3, 0.4) is 0 Å². The highest BCUT2D eigenvalue weighted by molar-refractivity contribution is 7.47. The minimum Gasteiger partial charge on any atom is -0.462 e. The molecule has 0 aromatic heterocycles. The van der Waals surface area contributed by atoms with Crippen LogP contribution in [0.4, 0.5) is 0 Å². The number of carbonyl (C=O) groups is 2. The van der Waals surface area contributed by atoms with E-state index in [2.05, 4.69) is 26.0 Å². The van der Waals surface area contributed by atoms with E-state index in [1.54, 1.807) is 0 Å². The van der Waals surface area contributed by atoms with Gasteiger partial charge in [0.2, 0.25) is 0 Å². The minimum absolute atomic E-state index is 0.0550. The Balaban J connectivity index is 4.09. The fraction of sp³-hybridized carbons (Fsp3) is 0.902. The molecule has 2 atom stereocenters. The number of rotatable bonds is 40. The molecule has 0 radical (unpaired) electrons. The fourth-order valence-corrected chi connectivity index (χ4v) is 6.73. The summed E-state index contributed by atoms with van der Waals surface area (Å²) in [6.07, 6.45) is 38.2. The second-order valence-electron chi connectivity index (χ2n) is 14.2. The van der Waals surface area contributed by atoms with E-state index in [9.17, 15) is 19.0 Å². The van der Waals surface area contributed by atoms with Crippen LogP contribution in [0, 0.1) is 0 Å². The van der Waals surface area contributed by atoms with Crippen molar-refractivity contribution in [2.75, 3.05) is 26.4 Å². The number of nitrogens with two attached hydrogens (primary N) is 1. The fourth-order valence-electron chi connectivity index (χ4n) is 5.97. The van der Waals surface area contributed by atoms with E-state index in [0.717, 1.165) is 57.8 Å². The third-order valence-corrected chi connectivity index (χ3v) is 10.1. The molecule has 10 heteroatoms. The summed E-state index contributed by atoms with van der Waals surface area (Å²) in [7, 11) is -4.37. The molecule has 0 aromatic carbocycles. The van der Waals surface area contributed by atoms with Crippen molar-refractivity contribution >= 4 is 19.8 Å². The highest BCUT2D eigenvalue weighted by atomic mass is 31.2. The third kappa shape index (κ3) is 38.3. The van der Waals surface area contributed by atoms with Crippen LogP contribution in [0.15, 0.2) is 12.2 Å². The molecule has 302 valence electrons. The smallest absolute Gasteiger partial charge is 0.462 e. The summed E-state index contributed by atoms with van der Waals surface area (Å²) in [4.78, 5) is 34.8. The van der Waals surface area contributed by atoms with Crippen molar-refractivity contribution in [1.82, 2.24) is 0 Å². The van der Waals surface area contributed by atoms with Gasteiger partial charge in [-0.1, -0.05) is 174 Å². The van der Waals surface area contributed by atoms with Crippen LogP contribution < -0.4 is 5.73 Å². The lowest BCUT2D eigenvalue weighted by Gasteiger charge is -2.19. The number of hydrogen-bond donors (Lipinski definition) is 2. The van der Waals surface area contributed by atoms with Gasteiger partial charge in [-0.25, -0.2) is 4.57 Å². The van der Waals surface area contributed by atoms with Crippen LogP contribution >= 0.6 is 7.82 Å². The molecule has 0 aliphatic heterocycles. The number of ether oxygens (including phenoxy) is 2. The van der Waals surface area contributed by atoms with Gasteiger partial charge in [0.15, 0.2) is 6.10 Å². The van der Waals surface area contributed by atoms with Crippen LogP contribution in [0.2, 0.25) is 0 Å². The van der Waals surface area contributed by atoms with Crippen molar-refractivity contribution in [3.8, 4) is 0 Å². The van der Waals surface area contributed by atoms with E-state index in [-0.39, 0.29) is 38.6 Å². The predicted molar refractivity (Wildman–Crippen MR) is 211 cm³/mol. The summed E-state index contributed by atoms with van der Waals surface area (Å²) in [6.45, 7) is 3.70. The number of allylic oxidation sites excluding steroid dienone is 2. The number of hydrogen-bond acceptors (Lipinski definition) is 8. The van der Waals surface area contributed by atoms with Gasteiger partial charge in [0.25, 0.3) is 0 Å². The summed E-state index contributed by atoms with van der Waals surface area (Å²) < 4.78 is 32.7. The van der Waals surface area contributed by atoms with Crippen LogP contribution in [0.1, 0.15) is 206 Å². The van der Waals surface area contributed by atoms with E-state index >= 15 is 0 Å². The summed E-state index contributed by atoms with van der Waals surface area (Å²) in [5.41, 5.74) is 5.34. The van der Waals surface area contributed by atoms with E-state index in [1.165, 1.54) is 116 Å². The largest absolute Gasteiger partial charge is 0.472 e. The van der Waals surface area contributed by atoms with Gasteiger partial charge in [-0.15, -0.1) is 0 Å². The van der Waals surface area contributed by atoms with Crippen molar-refractivity contribution in [2.45, 2.75) is 213 Å². The van der Waals surface area contributed by atoms with Gasteiger partial charge < -0.3 is 20.1 Å². The Morgan fingerprint density at radius 3 is 1.45 bits per heavy atom. The molecule has 0 aliphatic carbocycles. The molecule has 0 bridgehead atoms. The first-order valence-corrected chi connectivity index (χ1v) is 22.7. The van der Waals surface area contributed by atoms with Gasteiger partial charge in [0.1, 0.15) is 6.61 Å². The predicted octanol–water partition coefficient (Wildman–Crippen LogP) is 11.8. The van der Waals surface area contributed by atoms with Crippen molar-refractivity contribution in [3.05, 3.63) is 12.2 Å². The average Bonchev–Trinajstić information content (AvgIpc) is 3.11. The van der Waals surface area contributed by atoms with Crippen molar-refractivity contribution in [3.63, 3.8) is 0 Å². The minimum atomic E-state index is -4.37. The summed E-state index contributed by atoms with van der Waals surface area (Å²) >= 11 is 0. The zero-order chi connectivity index (χ0) is 37.5. The Bertz CT molecular complexity index is 856. The molecule has 0 amide bonds. The van der Waals surface area contributed by atoms with Crippen LogP contribution in [0.5, 0.6) is 0 Å². The van der Waals surface area contributed by atoms with Gasteiger partial charge in [-0.3, -0.25) is 18.6 Å². The first-order valence-electron chi connectivity index (χ1n) is 21.2. The molecule has 2 unspecified atom stereocenters. The highest BCUT2D eigenvalue weighted by Crippen LogP contribution is 2.43. The monoisotopic (exact) mass is 746 g/mol. The molecule has 0 saturated heterocycles. The van der Waals surface area contributed by atoms with Crippen LogP contribution in [-0.2, 0) is 32.7 Å². The van der Waals surface area contributed by atoms with Crippen molar-refractivity contribution in [1.29, 1.82) is 0 Å². The van der Waals surface area contributed by atoms with Crippen LogP contribution in [-0.4, -0.2) is 49.3 Å². The Labute approximate surface area is 313 Å². The Morgan fingerprint density at radius 1 is 0.569 bits per heavy atom. The van der Waals surface area contributed by atoms with Crippen LogP contribution in [0.25, 0.3) is 0 Å². The molecule has 0 fully saturated rings. The van der Waals surface area contributed by atoms with Gasteiger partial charge >= 0.3 is 19.8 Å². The number of carbonyl (C=O) groups excluding carboxylic acids is 2. The molecular weight excluding hydrogens is 665 g/mol. The Kier molecular flexibility index (Phi) is 37.5. The molecule has 0 aromatic rings. The van der Waals surface area contributed by atoms with Gasteiger partial charge in [0, 0.05) is 19.4 Å². The van der Waals surface area contributed by atoms with E-state index < -0.39 is 26.5 Å². The lowest BCUT2D eigenvalue weighted by Crippen LogP contribution is -2.29. The maximum atomic E-state index is 12.6. The third-order valence-electron chi connectivity index (χ3n) is 9.15. The molecule has 51 heavy (non-hydrogen) atoms. The maximum Gasteiger partial charge on any atom is 0.472 e. The van der Waals surface area contributed by atoms with E-state index in [0.29, 0.717) is 6.42 Å². The average molecular weight is 746 g/mol. The lowest BCUT2D eigenvalue weighted by molar-refractivity contribution is -0.161. The van der Waals surface area contributed by atoms with Gasteiger partial charge in [-0.05, 0) is 32.1 Å². The molecule has 0 heterocycles. The topological polar surface area (TPSA) is 134 Å². The summed E-state index contributed by atoms with van der Waals surface area (Å²) in [5, 5.41) is 0. The Hall–Kier alpha value is -1.25. The quantitative estimate of drug-likeness (QED) is 0.0272. The second kappa shape index (κ2) is 38.5. The lowest BCUT2D eigenvalue weighted by atomic mass is 10.0.